The molecule has 0 radical (unpaired) electrons. The molecule has 0 saturated carbocycles. The van der Waals surface area contributed by atoms with Crippen LogP contribution in [0.25, 0.3) is 0 Å². The van der Waals surface area contributed by atoms with Gasteiger partial charge < -0.3 is 5.11 Å². The van der Waals surface area contributed by atoms with Crippen LogP contribution in [-0.2, 0) is 9.59 Å². The van der Waals surface area contributed by atoms with E-state index in [4.69, 9.17) is 0 Å². The lowest BCUT2D eigenvalue weighted by atomic mass is 9.80. The minimum absolute atomic E-state index is 0.166. The van der Waals surface area contributed by atoms with Gasteiger partial charge in [-0.05, 0) is 38.1 Å². The molecule has 2 heterocycles. The predicted octanol–water partition coefficient (Wildman–Crippen LogP) is 2.18. The van der Waals surface area contributed by atoms with E-state index in [-0.39, 0.29) is 5.71 Å². The van der Waals surface area contributed by atoms with Crippen LogP contribution in [0.5, 0.6) is 0 Å². The van der Waals surface area contributed by atoms with Crippen LogP contribution in [0, 0.1) is 5.92 Å². The van der Waals surface area contributed by atoms with Crippen molar-refractivity contribution in [3.63, 3.8) is 0 Å². The largest absolute Gasteiger partial charge is 0.373 e. The van der Waals surface area contributed by atoms with Crippen molar-refractivity contribution in [2.75, 3.05) is 10.0 Å². The first-order valence-corrected chi connectivity index (χ1v) is 8.56. The number of amides is 2. The number of nitrogens with zero attached hydrogens (tertiary/aromatic N) is 4. The van der Waals surface area contributed by atoms with Crippen LogP contribution in [0.15, 0.2) is 70.9 Å². The zero-order valence-corrected chi connectivity index (χ0v) is 14.9. The van der Waals surface area contributed by atoms with Crippen molar-refractivity contribution in [1.82, 2.24) is 0 Å². The molecule has 2 aliphatic heterocycles. The van der Waals surface area contributed by atoms with Crippen molar-refractivity contribution in [3.05, 3.63) is 60.7 Å². The molecule has 136 valence electrons. The van der Waals surface area contributed by atoms with Crippen LogP contribution in [-0.4, -0.2) is 33.9 Å². The smallest absolute Gasteiger partial charge is 0.286 e. The van der Waals surface area contributed by atoms with E-state index in [2.05, 4.69) is 10.2 Å². The first-order valence-electron chi connectivity index (χ1n) is 8.56. The third-order valence-electron chi connectivity index (χ3n) is 4.87. The Hall–Kier alpha value is -3.32. The van der Waals surface area contributed by atoms with Crippen molar-refractivity contribution >= 4 is 34.6 Å². The van der Waals surface area contributed by atoms with E-state index in [9.17, 15) is 14.7 Å². The normalized spacial score (nSPS) is 25.1. The second-order valence-corrected chi connectivity index (χ2v) is 6.56. The van der Waals surface area contributed by atoms with Gasteiger partial charge in [0, 0.05) is 0 Å². The molecule has 2 aromatic carbocycles. The third-order valence-corrected chi connectivity index (χ3v) is 4.87. The van der Waals surface area contributed by atoms with E-state index in [0.717, 1.165) is 5.01 Å². The molecule has 0 bridgehead atoms. The fourth-order valence-electron chi connectivity index (χ4n) is 3.47. The summed E-state index contributed by atoms with van der Waals surface area (Å²) in [5.74, 6) is -2.24. The molecule has 2 aliphatic rings. The molecule has 4 rings (SSSR count). The number of hydrogen-bond donors (Lipinski definition) is 1. The molecule has 27 heavy (non-hydrogen) atoms. The summed E-state index contributed by atoms with van der Waals surface area (Å²) in [7, 11) is 0. The van der Waals surface area contributed by atoms with Gasteiger partial charge in [-0.1, -0.05) is 36.4 Å². The Balaban J connectivity index is 1.71. The molecular formula is C20H18N4O3. The Morgan fingerprint density at radius 2 is 1.37 bits per heavy atom. The van der Waals surface area contributed by atoms with Crippen molar-refractivity contribution < 1.29 is 14.7 Å². The molecule has 0 saturated heterocycles. The number of anilines is 2. The maximum Gasteiger partial charge on any atom is 0.286 e. The molecule has 2 aromatic rings. The summed E-state index contributed by atoms with van der Waals surface area (Å²) in [6, 6.07) is 17.7. The minimum Gasteiger partial charge on any atom is -0.373 e. The summed E-state index contributed by atoms with van der Waals surface area (Å²) in [6.45, 7) is 3.18. The average Bonchev–Trinajstić information content (AvgIpc) is 3.11. The standard InChI is InChI=1S/C20H18N4O3/c1-13-17(18(25)23(21-13)15-9-5-3-6-10-15)20(27)14(2)22-24(19(20)26)16-11-7-4-8-12-16/h3-12,17,27H,1-2H3. The lowest BCUT2D eigenvalue weighted by molar-refractivity contribution is -0.137. The van der Waals surface area contributed by atoms with Gasteiger partial charge in [-0.2, -0.15) is 15.2 Å². The SMILES string of the molecule is CC1=NN(c2ccccc2)C(=O)C1C1(O)C(=O)N(c2ccccc2)N=C1C. The van der Waals surface area contributed by atoms with Crippen molar-refractivity contribution in [3.8, 4) is 0 Å². The molecule has 1 N–H and O–H groups in total. The fraction of sp³-hybridized carbons (Fsp3) is 0.200. The molecule has 7 nitrogen and oxygen atoms in total. The zero-order chi connectivity index (χ0) is 19.2. The third kappa shape index (κ3) is 2.47. The summed E-state index contributed by atoms with van der Waals surface area (Å²) in [5, 5.41) is 22.2. The molecule has 0 aliphatic carbocycles. The molecule has 2 unspecified atom stereocenters. The lowest BCUT2D eigenvalue weighted by Crippen LogP contribution is -2.56. The van der Waals surface area contributed by atoms with Gasteiger partial charge in [0.1, 0.15) is 5.92 Å². The van der Waals surface area contributed by atoms with E-state index in [1.807, 2.05) is 12.1 Å². The molecule has 0 aromatic heterocycles. The van der Waals surface area contributed by atoms with Gasteiger partial charge in [-0.25, -0.2) is 5.01 Å². The maximum atomic E-state index is 13.1. The number of benzene rings is 2. The minimum atomic E-state index is -2.07. The van der Waals surface area contributed by atoms with E-state index in [1.165, 1.54) is 5.01 Å². The van der Waals surface area contributed by atoms with Crippen molar-refractivity contribution in [2.24, 2.45) is 16.1 Å². The number of carbonyl (C=O) groups is 2. The number of para-hydroxylation sites is 2. The Morgan fingerprint density at radius 1 is 0.852 bits per heavy atom. The molecule has 2 amide bonds. The first kappa shape index (κ1) is 17.1. The van der Waals surface area contributed by atoms with Crippen LogP contribution in [0.3, 0.4) is 0 Å². The second-order valence-electron chi connectivity index (χ2n) is 6.56. The van der Waals surface area contributed by atoms with Crippen LogP contribution < -0.4 is 10.0 Å². The predicted molar refractivity (Wildman–Crippen MR) is 103 cm³/mol. The van der Waals surface area contributed by atoms with Gasteiger partial charge in [0.2, 0.25) is 5.60 Å². The summed E-state index contributed by atoms with van der Waals surface area (Å²) >= 11 is 0. The Kier molecular flexibility index (Phi) is 3.89. The van der Waals surface area contributed by atoms with E-state index in [1.54, 1.807) is 62.4 Å². The van der Waals surface area contributed by atoms with Crippen LogP contribution in [0.2, 0.25) is 0 Å². The lowest BCUT2D eigenvalue weighted by Gasteiger charge is -2.27. The highest BCUT2D eigenvalue weighted by Gasteiger charge is 2.60. The van der Waals surface area contributed by atoms with Crippen molar-refractivity contribution in [2.45, 2.75) is 19.4 Å². The Labute approximate surface area is 156 Å². The Morgan fingerprint density at radius 3 is 1.93 bits per heavy atom. The van der Waals surface area contributed by atoms with Gasteiger partial charge in [-0.15, -0.1) is 0 Å². The molecule has 0 spiro atoms. The highest BCUT2D eigenvalue weighted by Crippen LogP contribution is 2.37. The average molecular weight is 362 g/mol. The quantitative estimate of drug-likeness (QED) is 0.908. The van der Waals surface area contributed by atoms with Gasteiger partial charge in [0.15, 0.2) is 0 Å². The van der Waals surface area contributed by atoms with Crippen LogP contribution >= 0.6 is 0 Å². The van der Waals surface area contributed by atoms with Gasteiger partial charge in [0.25, 0.3) is 11.8 Å². The summed E-state index contributed by atoms with van der Waals surface area (Å²) in [5.41, 5.74) is -0.432. The van der Waals surface area contributed by atoms with Crippen molar-refractivity contribution in [1.29, 1.82) is 0 Å². The van der Waals surface area contributed by atoms with Crippen LogP contribution in [0.1, 0.15) is 13.8 Å². The number of carbonyl (C=O) groups excluding carboxylic acids is 2. The molecular weight excluding hydrogens is 344 g/mol. The zero-order valence-electron chi connectivity index (χ0n) is 14.9. The summed E-state index contributed by atoms with van der Waals surface area (Å²) in [6.07, 6.45) is 0. The first-order chi connectivity index (χ1) is 12.9. The molecule has 7 heteroatoms. The highest BCUT2D eigenvalue weighted by molar-refractivity contribution is 6.30. The van der Waals surface area contributed by atoms with Crippen LogP contribution in [0.4, 0.5) is 11.4 Å². The summed E-state index contributed by atoms with van der Waals surface area (Å²) < 4.78 is 0. The topological polar surface area (TPSA) is 85.6 Å². The monoisotopic (exact) mass is 362 g/mol. The summed E-state index contributed by atoms with van der Waals surface area (Å²) in [4.78, 5) is 26.2. The number of aliphatic hydroxyl groups is 1. The van der Waals surface area contributed by atoms with E-state index in [0.29, 0.717) is 17.1 Å². The second kappa shape index (κ2) is 6.14. The number of rotatable bonds is 3. The van der Waals surface area contributed by atoms with E-state index < -0.39 is 23.3 Å². The van der Waals surface area contributed by atoms with Gasteiger partial charge >= 0.3 is 0 Å². The number of hydrazone groups is 2. The van der Waals surface area contributed by atoms with Gasteiger partial charge in [-0.3, -0.25) is 9.59 Å². The fourth-order valence-corrected chi connectivity index (χ4v) is 3.47. The highest BCUT2D eigenvalue weighted by atomic mass is 16.3. The molecule has 2 atom stereocenters. The van der Waals surface area contributed by atoms with Gasteiger partial charge in [0.05, 0.1) is 22.8 Å². The maximum absolute atomic E-state index is 13.1. The van der Waals surface area contributed by atoms with E-state index >= 15 is 0 Å². The number of hydrogen-bond acceptors (Lipinski definition) is 5. The molecule has 0 fully saturated rings. The Bertz CT molecular complexity index is 971.